The zero-order valence-corrected chi connectivity index (χ0v) is 9.70. The summed E-state index contributed by atoms with van der Waals surface area (Å²) < 4.78 is 11.0. The minimum atomic E-state index is 0.504. The molecule has 0 radical (unpaired) electrons. The second-order valence-corrected chi connectivity index (χ2v) is 3.75. The van der Waals surface area contributed by atoms with Gasteiger partial charge in [-0.05, 0) is 20.8 Å². The van der Waals surface area contributed by atoms with Gasteiger partial charge >= 0.3 is 0 Å². The minimum Gasteiger partial charge on any atom is -0.466 e. The Kier molecular flexibility index (Phi) is 2.78. The molecule has 0 fully saturated rings. The van der Waals surface area contributed by atoms with E-state index in [1.165, 1.54) is 0 Å². The predicted molar refractivity (Wildman–Crippen MR) is 59.0 cm³/mol. The van der Waals surface area contributed by atoms with E-state index in [1.807, 2.05) is 20.8 Å². The molecule has 0 bridgehead atoms. The van der Waals surface area contributed by atoms with Crippen LogP contribution in [0.4, 0.5) is 0 Å². The second-order valence-electron chi connectivity index (χ2n) is 3.75. The molecule has 2 aromatic rings. The first kappa shape index (κ1) is 10.9. The average Bonchev–Trinajstić information content (AvgIpc) is 2.75. The third-order valence-corrected chi connectivity index (χ3v) is 2.60. The SMILES string of the molecule is Cc1oc(C)c(-c2nnc(CCN)o2)c1C. The Labute approximate surface area is 93.6 Å². The van der Waals surface area contributed by atoms with Crippen LogP contribution in [-0.4, -0.2) is 16.7 Å². The molecule has 0 aliphatic rings. The van der Waals surface area contributed by atoms with E-state index in [-0.39, 0.29) is 0 Å². The summed E-state index contributed by atoms with van der Waals surface area (Å²) in [6.45, 7) is 6.29. The molecule has 2 rings (SSSR count). The van der Waals surface area contributed by atoms with Crippen LogP contribution >= 0.6 is 0 Å². The number of hydrogen-bond donors (Lipinski definition) is 1. The van der Waals surface area contributed by atoms with Crippen LogP contribution in [0.1, 0.15) is 23.0 Å². The molecular weight excluding hydrogens is 206 g/mol. The van der Waals surface area contributed by atoms with E-state index in [0.29, 0.717) is 24.7 Å². The van der Waals surface area contributed by atoms with Crippen molar-refractivity contribution in [1.82, 2.24) is 10.2 Å². The van der Waals surface area contributed by atoms with Gasteiger partial charge in [0.1, 0.15) is 11.5 Å². The fourth-order valence-electron chi connectivity index (χ4n) is 1.69. The van der Waals surface area contributed by atoms with Crippen LogP contribution in [0.3, 0.4) is 0 Å². The molecule has 0 aliphatic carbocycles. The third-order valence-electron chi connectivity index (χ3n) is 2.60. The highest BCUT2D eigenvalue weighted by atomic mass is 16.4. The maximum atomic E-state index is 5.52. The molecule has 0 saturated carbocycles. The first-order chi connectivity index (χ1) is 7.63. The number of nitrogens with zero attached hydrogens (tertiary/aromatic N) is 2. The van der Waals surface area contributed by atoms with Crippen molar-refractivity contribution in [3.63, 3.8) is 0 Å². The van der Waals surface area contributed by atoms with Crippen molar-refractivity contribution in [2.75, 3.05) is 6.54 Å². The predicted octanol–water partition coefficient (Wildman–Crippen LogP) is 1.76. The van der Waals surface area contributed by atoms with Crippen LogP contribution in [0.5, 0.6) is 0 Å². The standard InChI is InChI=1S/C11H15N3O2/c1-6-7(2)15-8(3)10(6)11-14-13-9(16-11)4-5-12/h4-5,12H2,1-3H3. The van der Waals surface area contributed by atoms with Gasteiger partial charge in [-0.1, -0.05) is 0 Å². The minimum absolute atomic E-state index is 0.504. The molecule has 0 atom stereocenters. The molecule has 0 spiro atoms. The largest absolute Gasteiger partial charge is 0.466 e. The monoisotopic (exact) mass is 221 g/mol. The molecule has 2 N–H and O–H groups in total. The van der Waals surface area contributed by atoms with Crippen LogP contribution < -0.4 is 5.73 Å². The molecule has 5 heteroatoms. The summed E-state index contributed by atoms with van der Waals surface area (Å²) in [5.41, 5.74) is 7.36. The van der Waals surface area contributed by atoms with E-state index in [2.05, 4.69) is 10.2 Å². The van der Waals surface area contributed by atoms with E-state index in [4.69, 9.17) is 14.6 Å². The Morgan fingerprint density at radius 2 is 1.81 bits per heavy atom. The van der Waals surface area contributed by atoms with Crippen LogP contribution in [0, 0.1) is 20.8 Å². The van der Waals surface area contributed by atoms with Gasteiger partial charge in [0.05, 0.1) is 5.56 Å². The summed E-state index contributed by atoms with van der Waals surface area (Å²) in [6, 6.07) is 0. The average molecular weight is 221 g/mol. The number of aryl methyl sites for hydroxylation is 2. The topological polar surface area (TPSA) is 78.1 Å². The van der Waals surface area contributed by atoms with Crippen molar-refractivity contribution >= 4 is 0 Å². The molecule has 0 unspecified atom stereocenters. The summed E-state index contributed by atoms with van der Waals surface area (Å²) in [7, 11) is 0. The summed E-state index contributed by atoms with van der Waals surface area (Å²) in [6.07, 6.45) is 0.599. The molecule has 2 aromatic heterocycles. The summed E-state index contributed by atoms with van der Waals surface area (Å²) in [5.74, 6) is 2.76. The van der Waals surface area contributed by atoms with Crippen LogP contribution in [0.2, 0.25) is 0 Å². The van der Waals surface area contributed by atoms with Gasteiger partial charge in [0, 0.05) is 18.5 Å². The Bertz CT molecular complexity index is 499. The highest BCUT2D eigenvalue weighted by Gasteiger charge is 2.18. The Balaban J connectivity index is 2.42. The highest BCUT2D eigenvalue weighted by molar-refractivity contribution is 5.61. The van der Waals surface area contributed by atoms with Crippen molar-refractivity contribution in [3.8, 4) is 11.5 Å². The van der Waals surface area contributed by atoms with Crippen LogP contribution in [0.25, 0.3) is 11.5 Å². The van der Waals surface area contributed by atoms with Crippen molar-refractivity contribution < 1.29 is 8.83 Å². The molecule has 16 heavy (non-hydrogen) atoms. The zero-order valence-electron chi connectivity index (χ0n) is 9.70. The lowest BCUT2D eigenvalue weighted by Crippen LogP contribution is -2.02. The van der Waals surface area contributed by atoms with E-state index in [1.54, 1.807) is 0 Å². The highest BCUT2D eigenvalue weighted by Crippen LogP contribution is 2.30. The van der Waals surface area contributed by atoms with E-state index < -0.39 is 0 Å². The second kappa shape index (κ2) is 4.09. The normalized spacial score (nSPS) is 11.0. The van der Waals surface area contributed by atoms with E-state index in [9.17, 15) is 0 Å². The molecule has 0 aromatic carbocycles. The van der Waals surface area contributed by atoms with Gasteiger partial charge < -0.3 is 14.6 Å². The lowest BCUT2D eigenvalue weighted by atomic mass is 10.1. The van der Waals surface area contributed by atoms with Gasteiger partial charge in [-0.25, -0.2) is 0 Å². The molecule has 0 aliphatic heterocycles. The van der Waals surface area contributed by atoms with Gasteiger partial charge in [-0.3, -0.25) is 0 Å². The first-order valence-corrected chi connectivity index (χ1v) is 5.23. The summed E-state index contributed by atoms with van der Waals surface area (Å²) in [4.78, 5) is 0. The van der Waals surface area contributed by atoms with Gasteiger partial charge in [0.2, 0.25) is 5.89 Å². The summed E-state index contributed by atoms with van der Waals surface area (Å²) in [5, 5.41) is 7.94. The molecule has 86 valence electrons. The third kappa shape index (κ3) is 1.74. The van der Waals surface area contributed by atoms with E-state index >= 15 is 0 Å². The van der Waals surface area contributed by atoms with Gasteiger partial charge in [0.15, 0.2) is 0 Å². The molecule has 5 nitrogen and oxygen atoms in total. The van der Waals surface area contributed by atoms with Gasteiger partial charge in [-0.2, -0.15) is 0 Å². The molecule has 0 amide bonds. The Morgan fingerprint density at radius 1 is 1.06 bits per heavy atom. The van der Waals surface area contributed by atoms with Gasteiger partial charge in [0.25, 0.3) is 5.89 Å². The van der Waals surface area contributed by atoms with Crippen LogP contribution in [0.15, 0.2) is 8.83 Å². The van der Waals surface area contributed by atoms with E-state index in [0.717, 1.165) is 22.6 Å². The Hall–Kier alpha value is -1.62. The first-order valence-electron chi connectivity index (χ1n) is 5.23. The maximum Gasteiger partial charge on any atom is 0.251 e. The van der Waals surface area contributed by atoms with Gasteiger partial charge in [-0.15, -0.1) is 10.2 Å². The number of furan rings is 1. The number of hydrogen-bond acceptors (Lipinski definition) is 5. The number of rotatable bonds is 3. The van der Waals surface area contributed by atoms with Crippen LogP contribution in [-0.2, 0) is 6.42 Å². The van der Waals surface area contributed by atoms with Crippen molar-refractivity contribution in [2.24, 2.45) is 5.73 Å². The smallest absolute Gasteiger partial charge is 0.251 e. The molecular formula is C11H15N3O2. The molecule has 2 heterocycles. The number of nitrogens with two attached hydrogens (primary N) is 1. The summed E-state index contributed by atoms with van der Waals surface area (Å²) >= 11 is 0. The van der Waals surface area contributed by atoms with Crippen molar-refractivity contribution in [1.29, 1.82) is 0 Å². The van der Waals surface area contributed by atoms with Crippen molar-refractivity contribution in [3.05, 3.63) is 23.0 Å². The fraction of sp³-hybridized carbons (Fsp3) is 0.455. The lowest BCUT2D eigenvalue weighted by molar-refractivity contribution is 0.493. The molecule has 0 saturated heterocycles. The maximum absolute atomic E-state index is 5.52. The Morgan fingerprint density at radius 3 is 2.38 bits per heavy atom. The lowest BCUT2D eigenvalue weighted by Gasteiger charge is -1.93. The van der Waals surface area contributed by atoms with Crippen molar-refractivity contribution in [2.45, 2.75) is 27.2 Å². The quantitative estimate of drug-likeness (QED) is 0.854. The zero-order chi connectivity index (χ0) is 11.7. The number of aromatic nitrogens is 2. The fourth-order valence-corrected chi connectivity index (χ4v) is 1.69.